The molecule has 0 saturated carbocycles. The highest BCUT2D eigenvalue weighted by molar-refractivity contribution is 5.94. The van der Waals surface area contributed by atoms with Crippen molar-refractivity contribution >= 4 is 11.9 Å². The van der Waals surface area contributed by atoms with E-state index < -0.39 is 0 Å². The minimum Gasteiger partial charge on any atom is -0.457 e. The van der Waals surface area contributed by atoms with Crippen molar-refractivity contribution in [3.8, 4) is 11.5 Å². The Morgan fingerprint density at radius 3 is 2.41 bits per heavy atom. The monoisotopic (exact) mass is 460 g/mol. The predicted molar refractivity (Wildman–Crippen MR) is 128 cm³/mol. The average Bonchev–Trinajstić information content (AvgIpc) is 2.87. The Balaban J connectivity index is 1.30. The molecule has 0 aliphatic heterocycles. The van der Waals surface area contributed by atoms with E-state index in [2.05, 4.69) is 27.7 Å². The van der Waals surface area contributed by atoms with E-state index >= 15 is 0 Å². The van der Waals surface area contributed by atoms with Crippen LogP contribution in [0, 0.1) is 0 Å². The van der Waals surface area contributed by atoms with Crippen LogP contribution in [0.25, 0.3) is 0 Å². The Bertz CT molecular complexity index is 1070. The van der Waals surface area contributed by atoms with E-state index in [1.807, 2.05) is 24.3 Å². The molecule has 0 radical (unpaired) electrons. The number of aromatic nitrogens is 2. The summed E-state index contributed by atoms with van der Waals surface area (Å²) in [5.74, 6) is 0.838. The molecule has 0 atom stereocenters. The number of allylic oxidation sites excluding steroid dienone is 1. The van der Waals surface area contributed by atoms with Gasteiger partial charge in [0.2, 0.25) is 0 Å². The molecule has 1 heterocycles. The third-order valence-corrected chi connectivity index (χ3v) is 4.82. The Morgan fingerprint density at radius 2 is 1.74 bits per heavy atom. The molecule has 3 aromatic rings. The number of amides is 1. The first-order chi connectivity index (χ1) is 16.6. The molecule has 0 aliphatic carbocycles. The molecule has 0 fully saturated rings. The van der Waals surface area contributed by atoms with Gasteiger partial charge in [-0.15, -0.1) is 5.48 Å². The minimum atomic E-state index is -0.357. The summed E-state index contributed by atoms with van der Waals surface area (Å²) in [6.07, 6.45) is 10.6. The second-order valence-electron chi connectivity index (χ2n) is 7.38. The number of nitrogens with one attached hydrogen (secondary N) is 2. The number of hydroxylamine groups is 1. The maximum Gasteiger partial charge on any atom is 0.324 e. The topological polar surface area (TPSA) is 102 Å². The highest BCUT2D eigenvalue weighted by Crippen LogP contribution is 2.22. The minimum absolute atomic E-state index is 0.220. The molecule has 2 N–H and O–H groups in total. The highest BCUT2D eigenvalue weighted by atomic mass is 16.7. The van der Waals surface area contributed by atoms with Crippen LogP contribution in [-0.4, -0.2) is 21.8 Å². The lowest BCUT2D eigenvalue weighted by atomic mass is 10.2. The highest BCUT2D eigenvalue weighted by Gasteiger charge is 2.05. The van der Waals surface area contributed by atoms with Crippen LogP contribution >= 0.6 is 0 Å². The van der Waals surface area contributed by atoms with Gasteiger partial charge in [-0.3, -0.25) is 19.6 Å². The SMILES string of the molecule is CCc1ccc(Oc2ccc(C(=O)N/C=C\CCCC(=O)ONCc3cnccn3)cc2)cc1. The zero-order valence-corrected chi connectivity index (χ0v) is 19.1. The smallest absolute Gasteiger partial charge is 0.324 e. The van der Waals surface area contributed by atoms with Gasteiger partial charge >= 0.3 is 5.97 Å². The molecule has 0 aliphatic rings. The van der Waals surface area contributed by atoms with E-state index in [4.69, 9.17) is 9.57 Å². The van der Waals surface area contributed by atoms with Gasteiger partial charge in [0, 0.05) is 36.8 Å². The van der Waals surface area contributed by atoms with Crippen molar-refractivity contribution in [1.82, 2.24) is 20.8 Å². The number of carbonyl (C=O) groups excluding carboxylic acids is 2. The van der Waals surface area contributed by atoms with Crippen molar-refractivity contribution in [2.24, 2.45) is 0 Å². The second-order valence-corrected chi connectivity index (χ2v) is 7.38. The second kappa shape index (κ2) is 13.5. The summed E-state index contributed by atoms with van der Waals surface area (Å²) in [5.41, 5.74) is 5.02. The predicted octanol–water partition coefficient (Wildman–Crippen LogP) is 4.49. The van der Waals surface area contributed by atoms with E-state index in [1.165, 1.54) is 5.56 Å². The van der Waals surface area contributed by atoms with Gasteiger partial charge in [-0.25, -0.2) is 0 Å². The molecule has 3 rings (SSSR count). The molecule has 1 amide bonds. The first-order valence-electron chi connectivity index (χ1n) is 11.1. The molecule has 0 unspecified atom stereocenters. The van der Waals surface area contributed by atoms with Gasteiger partial charge in [0.1, 0.15) is 11.5 Å². The number of benzene rings is 2. The van der Waals surface area contributed by atoms with Crippen molar-refractivity contribution in [2.75, 3.05) is 0 Å². The quantitative estimate of drug-likeness (QED) is 0.303. The van der Waals surface area contributed by atoms with Gasteiger partial charge < -0.3 is 14.9 Å². The van der Waals surface area contributed by atoms with Gasteiger partial charge in [-0.1, -0.05) is 25.1 Å². The summed E-state index contributed by atoms with van der Waals surface area (Å²) in [5, 5.41) is 2.72. The zero-order valence-electron chi connectivity index (χ0n) is 19.1. The van der Waals surface area contributed by atoms with E-state index in [0.717, 1.165) is 12.2 Å². The van der Waals surface area contributed by atoms with Crippen LogP contribution in [0.2, 0.25) is 0 Å². The number of aryl methyl sites for hydroxylation is 1. The lowest BCUT2D eigenvalue weighted by molar-refractivity contribution is -0.151. The number of nitrogens with zero attached hydrogens (tertiary/aromatic N) is 2. The van der Waals surface area contributed by atoms with E-state index in [0.29, 0.717) is 36.4 Å². The first-order valence-corrected chi connectivity index (χ1v) is 11.1. The van der Waals surface area contributed by atoms with Crippen molar-refractivity contribution in [3.63, 3.8) is 0 Å². The van der Waals surface area contributed by atoms with Gasteiger partial charge in [0.25, 0.3) is 5.91 Å². The molecule has 0 bridgehead atoms. The number of ether oxygens (including phenoxy) is 1. The van der Waals surface area contributed by atoms with Crippen LogP contribution in [0.1, 0.15) is 47.8 Å². The van der Waals surface area contributed by atoms with Crippen molar-refractivity contribution in [3.05, 3.63) is 96.2 Å². The summed E-state index contributed by atoms with van der Waals surface area (Å²) in [7, 11) is 0. The van der Waals surface area contributed by atoms with Crippen LogP contribution in [0.4, 0.5) is 0 Å². The van der Waals surface area contributed by atoms with Crippen LogP contribution in [-0.2, 0) is 22.6 Å². The maximum atomic E-state index is 12.3. The maximum absolute atomic E-state index is 12.3. The number of carbonyl (C=O) groups is 2. The molecular weight excluding hydrogens is 432 g/mol. The summed E-state index contributed by atoms with van der Waals surface area (Å²) in [4.78, 5) is 36.9. The van der Waals surface area contributed by atoms with Gasteiger partial charge in [0.15, 0.2) is 0 Å². The zero-order chi connectivity index (χ0) is 24.0. The Morgan fingerprint density at radius 1 is 1.00 bits per heavy atom. The van der Waals surface area contributed by atoms with E-state index in [-0.39, 0.29) is 18.3 Å². The molecule has 8 heteroatoms. The first kappa shape index (κ1) is 24.6. The number of unbranched alkanes of at least 4 members (excludes halogenated alkanes) is 1. The largest absolute Gasteiger partial charge is 0.457 e. The summed E-state index contributed by atoms with van der Waals surface area (Å²) in [6, 6.07) is 14.9. The number of hydrogen-bond acceptors (Lipinski definition) is 7. The summed E-state index contributed by atoms with van der Waals surface area (Å²) in [6.45, 7) is 2.40. The number of rotatable bonds is 12. The fraction of sp³-hybridized carbons (Fsp3) is 0.231. The molecule has 34 heavy (non-hydrogen) atoms. The third kappa shape index (κ3) is 8.48. The van der Waals surface area contributed by atoms with Crippen molar-refractivity contribution in [2.45, 2.75) is 39.2 Å². The van der Waals surface area contributed by atoms with E-state index in [9.17, 15) is 9.59 Å². The fourth-order valence-electron chi connectivity index (χ4n) is 2.93. The van der Waals surface area contributed by atoms with Crippen LogP contribution in [0.3, 0.4) is 0 Å². The molecule has 8 nitrogen and oxygen atoms in total. The van der Waals surface area contributed by atoms with E-state index in [1.54, 1.807) is 55.1 Å². The lowest BCUT2D eigenvalue weighted by Gasteiger charge is -2.07. The molecule has 2 aromatic carbocycles. The van der Waals surface area contributed by atoms with Gasteiger partial charge in [-0.05, 0) is 61.2 Å². The standard InChI is InChI=1S/C26H28N4O4/c1-2-20-7-11-23(12-8-20)33-24-13-9-21(10-14-24)26(32)29-15-5-3-4-6-25(31)34-30-19-22-18-27-16-17-28-22/h5,7-18,30H,2-4,6,19H2,1H3,(H,29,32)/b15-5-. The van der Waals surface area contributed by atoms with Crippen LogP contribution < -0.4 is 15.5 Å². The van der Waals surface area contributed by atoms with Crippen molar-refractivity contribution in [1.29, 1.82) is 0 Å². The van der Waals surface area contributed by atoms with Crippen LogP contribution in [0.5, 0.6) is 11.5 Å². The summed E-state index contributed by atoms with van der Waals surface area (Å²) >= 11 is 0. The lowest BCUT2D eigenvalue weighted by Crippen LogP contribution is -2.20. The Kier molecular flexibility index (Phi) is 9.76. The fourth-order valence-corrected chi connectivity index (χ4v) is 2.93. The molecule has 1 aromatic heterocycles. The van der Waals surface area contributed by atoms with Gasteiger partial charge in [-0.2, -0.15) is 0 Å². The van der Waals surface area contributed by atoms with Gasteiger partial charge in [0.05, 0.1) is 12.2 Å². The molecular formula is C26H28N4O4. The normalized spacial score (nSPS) is 10.7. The van der Waals surface area contributed by atoms with Crippen LogP contribution in [0.15, 0.2) is 79.4 Å². The third-order valence-electron chi connectivity index (χ3n) is 4.82. The molecule has 0 spiro atoms. The average molecular weight is 461 g/mol. The molecule has 0 saturated heterocycles. The van der Waals surface area contributed by atoms with Crippen molar-refractivity contribution < 1.29 is 19.2 Å². The summed E-state index contributed by atoms with van der Waals surface area (Å²) < 4.78 is 5.81. The number of hydrogen-bond donors (Lipinski definition) is 2. The Labute approximate surface area is 199 Å². The Hall–Kier alpha value is -4.04. The molecule has 176 valence electrons.